The van der Waals surface area contributed by atoms with Gasteiger partial charge in [-0.2, -0.15) is 0 Å². The minimum atomic E-state index is 0.0409. The van der Waals surface area contributed by atoms with E-state index in [2.05, 4.69) is 27.4 Å². The van der Waals surface area contributed by atoms with Crippen molar-refractivity contribution in [1.82, 2.24) is 4.90 Å². The molecule has 2 heteroatoms. The first-order chi connectivity index (χ1) is 7.36. The Morgan fingerprint density at radius 1 is 1.38 bits per heavy atom. The first kappa shape index (κ1) is 13.0. The maximum Gasteiger partial charge on any atom is 0.223 e. The van der Waals surface area contributed by atoms with Crippen LogP contribution >= 0.6 is 0 Å². The highest BCUT2D eigenvalue weighted by Crippen LogP contribution is 2.30. The zero-order valence-corrected chi connectivity index (χ0v) is 10.9. The van der Waals surface area contributed by atoms with E-state index < -0.39 is 0 Å². The quantitative estimate of drug-likeness (QED) is 0.668. The fraction of sp³-hybridized carbons (Fsp3) is 0.643. The van der Waals surface area contributed by atoms with E-state index >= 15 is 0 Å². The van der Waals surface area contributed by atoms with Gasteiger partial charge in [0.1, 0.15) is 0 Å². The van der Waals surface area contributed by atoms with Crippen LogP contribution in [0, 0.1) is 5.41 Å². The van der Waals surface area contributed by atoms with Gasteiger partial charge in [-0.3, -0.25) is 4.79 Å². The lowest BCUT2D eigenvalue weighted by atomic mass is 9.86. The molecule has 0 spiro atoms. The van der Waals surface area contributed by atoms with Gasteiger partial charge in [0, 0.05) is 19.2 Å². The molecule has 0 aliphatic heterocycles. The lowest BCUT2D eigenvalue weighted by molar-refractivity contribution is -0.129. The summed E-state index contributed by atoms with van der Waals surface area (Å²) >= 11 is 0. The van der Waals surface area contributed by atoms with Gasteiger partial charge in [0.25, 0.3) is 0 Å². The minimum Gasteiger partial charge on any atom is -0.316 e. The molecule has 1 rings (SSSR count). The molecular weight excluding hydrogens is 198 g/mol. The van der Waals surface area contributed by atoms with Crippen molar-refractivity contribution in [2.75, 3.05) is 0 Å². The molecule has 0 aromatic rings. The summed E-state index contributed by atoms with van der Waals surface area (Å²) in [5, 5.41) is 0. The zero-order valence-electron chi connectivity index (χ0n) is 10.9. The molecule has 0 N–H and O–H groups in total. The first-order valence-corrected chi connectivity index (χ1v) is 6.00. The monoisotopic (exact) mass is 221 g/mol. The summed E-state index contributed by atoms with van der Waals surface area (Å²) in [4.78, 5) is 13.5. The van der Waals surface area contributed by atoms with E-state index in [4.69, 9.17) is 0 Å². The highest BCUT2D eigenvalue weighted by Gasteiger charge is 2.27. The van der Waals surface area contributed by atoms with Crippen molar-refractivity contribution in [1.29, 1.82) is 0 Å². The Balaban J connectivity index is 2.90. The molecule has 90 valence electrons. The molecule has 1 aliphatic rings. The van der Waals surface area contributed by atoms with E-state index in [1.807, 2.05) is 17.2 Å². The van der Waals surface area contributed by atoms with Crippen LogP contribution in [0.15, 0.2) is 24.4 Å². The number of amides is 1. The van der Waals surface area contributed by atoms with Gasteiger partial charge < -0.3 is 4.90 Å². The number of carbonyl (C=O) groups excluding carboxylic acids is 1. The summed E-state index contributed by atoms with van der Waals surface area (Å²) in [5.74, 6) is 0.133. The molecule has 16 heavy (non-hydrogen) atoms. The van der Waals surface area contributed by atoms with E-state index in [1.165, 1.54) is 6.42 Å². The van der Waals surface area contributed by atoms with E-state index in [0.29, 0.717) is 6.04 Å². The van der Waals surface area contributed by atoms with Crippen LogP contribution in [-0.2, 0) is 4.79 Å². The van der Waals surface area contributed by atoms with Crippen LogP contribution in [0.4, 0.5) is 0 Å². The third kappa shape index (κ3) is 2.97. The number of rotatable bonds is 3. The van der Waals surface area contributed by atoms with Crippen molar-refractivity contribution in [2.45, 2.75) is 53.0 Å². The van der Waals surface area contributed by atoms with Crippen LogP contribution in [0.5, 0.6) is 0 Å². The van der Waals surface area contributed by atoms with Crippen LogP contribution in [0.1, 0.15) is 47.0 Å². The Morgan fingerprint density at radius 3 is 2.19 bits per heavy atom. The molecular formula is C14H23NO. The summed E-state index contributed by atoms with van der Waals surface area (Å²) in [6, 6.07) is 0.412. The highest BCUT2D eigenvalue weighted by atomic mass is 16.2. The molecule has 0 saturated heterocycles. The number of allylic oxidation sites excluding steroid dienone is 2. The largest absolute Gasteiger partial charge is 0.316 e. The molecule has 0 aromatic heterocycles. The summed E-state index contributed by atoms with van der Waals surface area (Å²) in [6.07, 6.45) is 7.34. The summed E-state index contributed by atoms with van der Waals surface area (Å²) in [7, 11) is 0. The lowest BCUT2D eigenvalue weighted by Gasteiger charge is -2.36. The molecule has 1 saturated carbocycles. The van der Waals surface area contributed by atoms with E-state index in [-0.39, 0.29) is 11.3 Å². The average molecular weight is 221 g/mol. The maximum atomic E-state index is 11.6. The van der Waals surface area contributed by atoms with Crippen molar-refractivity contribution in [3.05, 3.63) is 24.4 Å². The lowest BCUT2D eigenvalue weighted by Crippen LogP contribution is -2.40. The van der Waals surface area contributed by atoms with Crippen LogP contribution in [0.25, 0.3) is 0 Å². The molecule has 2 nitrogen and oxygen atoms in total. The second kappa shape index (κ2) is 4.86. The third-order valence-corrected chi connectivity index (χ3v) is 3.20. The highest BCUT2D eigenvalue weighted by molar-refractivity contribution is 5.75. The molecule has 0 atom stereocenters. The van der Waals surface area contributed by atoms with Crippen LogP contribution in [-0.4, -0.2) is 16.8 Å². The van der Waals surface area contributed by atoms with Gasteiger partial charge >= 0.3 is 0 Å². The van der Waals surface area contributed by atoms with Crippen LogP contribution in [0.3, 0.4) is 0 Å². The Bertz CT molecular complexity index is 305. The Morgan fingerprint density at radius 2 is 1.94 bits per heavy atom. The zero-order chi connectivity index (χ0) is 12.3. The number of hydrogen-bond acceptors (Lipinski definition) is 1. The first-order valence-electron chi connectivity index (χ1n) is 6.00. The van der Waals surface area contributed by atoms with Crippen molar-refractivity contribution in [3.8, 4) is 0 Å². The van der Waals surface area contributed by atoms with E-state index in [1.54, 1.807) is 6.92 Å². The number of hydrogen-bond donors (Lipinski definition) is 0. The van der Waals surface area contributed by atoms with E-state index in [0.717, 1.165) is 18.4 Å². The fourth-order valence-electron chi connectivity index (χ4n) is 1.82. The van der Waals surface area contributed by atoms with Gasteiger partial charge in [0.15, 0.2) is 0 Å². The van der Waals surface area contributed by atoms with E-state index in [9.17, 15) is 4.79 Å². The Labute approximate surface area is 99.0 Å². The number of nitrogens with zero attached hydrogens (tertiary/aromatic N) is 1. The molecule has 0 heterocycles. The van der Waals surface area contributed by atoms with Gasteiger partial charge in [0.2, 0.25) is 5.91 Å². The molecule has 0 unspecified atom stereocenters. The molecule has 1 amide bonds. The Hall–Kier alpha value is -1.05. The van der Waals surface area contributed by atoms with Crippen molar-refractivity contribution >= 4 is 5.91 Å². The predicted octanol–water partition coefficient (Wildman–Crippen LogP) is 3.50. The summed E-state index contributed by atoms with van der Waals surface area (Å²) in [6.45, 7) is 11.9. The minimum absolute atomic E-state index is 0.0409. The smallest absolute Gasteiger partial charge is 0.223 e. The predicted molar refractivity (Wildman–Crippen MR) is 67.9 cm³/mol. The second-order valence-corrected chi connectivity index (χ2v) is 5.55. The molecule has 1 fully saturated rings. The van der Waals surface area contributed by atoms with Gasteiger partial charge in [-0.15, -0.1) is 0 Å². The molecule has 0 aromatic carbocycles. The Kier molecular flexibility index (Phi) is 3.95. The maximum absolute atomic E-state index is 11.6. The standard InChI is InChI=1S/C14H23NO/c1-6-12(14(3,4)5)10-15(11(2)16)13-8-7-9-13/h6,10,13H,1,7-9H2,2-5H3/b12-10+. The SMILES string of the molecule is C=C/C(=C\N(C(C)=O)C1CCC1)C(C)(C)C. The fourth-order valence-corrected chi connectivity index (χ4v) is 1.82. The molecule has 1 aliphatic carbocycles. The molecule has 0 bridgehead atoms. The summed E-state index contributed by atoms with van der Waals surface area (Å²) in [5.41, 5.74) is 1.16. The van der Waals surface area contributed by atoms with Gasteiger partial charge in [-0.05, 0) is 30.3 Å². The normalized spacial score (nSPS) is 17.9. The molecule has 0 radical (unpaired) electrons. The van der Waals surface area contributed by atoms with Crippen molar-refractivity contribution in [2.24, 2.45) is 5.41 Å². The van der Waals surface area contributed by atoms with Gasteiger partial charge in [0.05, 0.1) is 0 Å². The third-order valence-electron chi connectivity index (χ3n) is 3.20. The van der Waals surface area contributed by atoms with Gasteiger partial charge in [-0.25, -0.2) is 0 Å². The average Bonchev–Trinajstić information content (AvgIpc) is 2.05. The van der Waals surface area contributed by atoms with Gasteiger partial charge in [-0.1, -0.05) is 33.4 Å². The number of carbonyl (C=O) groups is 1. The van der Waals surface area contributed by atoms with Crippen molar-refractivity contribution < 1.29 is 4.79 Å². The van der Waals surface area contributed by atoms with Crippen LogP contribution < -0.4 is 0 Å². The summed E-state index contributed by atoms with van der Waals surface area (Å²) < 4.78 is 0. The van der Waals surface area contributed by atoms with Crippen molar-refractivity contribution in [3.63, 3.8) is 0 Å². The second-order valence-electron chi connectivity index (χ2n) is 5.55. The van der Waals surface area contributed by atoms with Crippen LogP contribution in [0.2, 0.25) is 0 Å². The topological polar surface area (TPSA) is 20.3 Å².